The van der Waals surface area contributed by atoms with Crippen molar-refractivity contribution in [1.82, 2.24) is 29.5 Å². The highest BCUT2D eigenvalue weighted by atomic mass is 19.4. The summed E-state index contributed by atoms with van der Waals surface area (Å²) >= 11 is 0. The number of hydrogen-bond acceptors (Lipinski definition) is 6. The van der Waals surface area contributed by atoms with Crippen molar-refractivity contribution in [2.45, 2.75) is 38.3 Å². The lowest BCUT2D eigenvalue weighted by atomic mass is 10.0. The summed E-state index contributed by atoms with van der Waals surface area (Å²) in [5.74, 6) is 0.561. The Morgan fingerprint density at radius 3 is 2.54 bits per heavy atom. The molecular weight excluding hydrogens is 457 g/mol. The molecule has 5 rings (SSSR count). The Bertz CT molecular complexity index is 1480. The van der Waals surface area contributed by atoms with Crippen LogP contribution < -0.4 is 4.74 Å². The van der Waals surface area contributed by atoms with Crippen molar-refractivity contribution in [2.75, 3.05) is 7.04 Å². The van der Waals surface area contributed by atoms with Gasteiger partial charge in [0.2, 0.25) is 5.88 Å². The van der Waals surface area contributed by atoms with Crippen molar-refractivity contribution in [1.29, 1.82) is 0 Å². The first-order chi connectivity index (χ1) is 17.9. The van der Waals surface area contributed by atoms with Crippen LogP contribution in [0.15, 0.2) is 43.0 Å². The molecular formula is C25H23F3N6O. The highest BCUT2D eigenvalue weighted by Crippen LogP contribution is 2.44. The van der Waals surface area contributed by atoms with Crippen LogP contribution in [-0.2, 0) is 19.6 Å². The van der Waals surface area contributed by atoms with Gasteiger partial charge in [0.1, 0.15) is 17.7 Å². The number of ether oxygens (including phenoxy) is 1. The van der Waals surface area contributed by atoms with E-state index in [1.165, 1.54) is 17.9 Å². The molecule has 3 aromatic heterocycles. The van der Waals surface area contributed by atoms with E-state index < -0.39 is 18.9 Å². The first kappa shape index (κ1) is 19.5. The number of alkyl halides is 3. The van der Waals surface area contributed by atoms with Gasteiger partial charge in [-0.3, -0.25) is 0 Å². The summed E-state index contributed by atoms with van der Waals surface area (Å²) in [6.07, 6.45) is 1.64. The van der Waals surface area contributed by atoms with Crippen LogP contribution in [0.25, 0.3) is 22.8 Å². The minimum absolute atomic E-state index is 0.0886. The standard InChI is InChI=1S/C25H23F3N6O/c1-14-11-29-22(20-21(16-8-9-16)30-13-31-24(20)35-3)32-18(14)10-15-4-6-17(7-5-15)23-33-19(12-34(23)2)25(26,27)28/h4-7,11-13,16H,8-10H2,1-3H3/i3D3. The molecule has 0 aliphatic heterocycles. The molecule has 1 fully saturated rings. The molecule has 1 aliphatic rings. The summed E-state index contributed by atoms with van der Waals surface area (Å²) in [6.45, 7) is 1.86. The monoisotopic (exact) mass is 483 g/mol. The first-order valence-electron chi connectivity index (χ1n) is 12.5. The molecule has 0 spiro atoms. The maximum absolute atomic E-state index is 13.0. The Morgan fingerprint density at radius 2 is 1.89 bits per heavy atom. The molecule has 0 saturated heterocycles. The van der Waals surface area contributed by atoms with E-state index in [1.54, 1.807) is 18.3 Å². The predicted octanol–water partition coefficient (Wildman–Crippen LogP) is 5.14. The van der Waals surface area contributed by atoms with E-state index in [9.17, 15) is 13.2 Å². The molecule has 0 unspecified atom stereocenters. The van der Waals surface area contributed by atoms with E-state index in [1.807, 2.05) is 19.1 Å². The molecule has 0 bridgehead atoms. The van der Waals surface area contributed by atoms with Gasteiger partial charge in [0.25, 0.3) is 0 Å². The third-order valence-electron chi connectivity index (χ3n) is 5.95. The van der Waals surface area contributed by atoms with E-state index in [4.69, 9.17) is 13.8 Å². The zero-order valence-corrected chi connectivity index (χ0v) is 19.0. The van der Waals surface area contributed by atoms with Gasteiger partial charge in [-0.25, -0.2) is 24.9 Å². The number of aromatic nitrogens is 6. The number of hydrogen-bond donors (Lipinski definition) is 0. The Morgan fingerprint density at radius 1 is 1.11 bits per heavy atom. The van der Waals surface area contributed by atoms with Crippen LogP contribution in [0.4, 0.5) is 13.2 Å². The van der Waals surface area contributed by atoms with Crippen molar-refractivity contribution in [3.63, 3.8) is 0 Å². The zero-order chi connectivity index (χ0) is 27.2. The van der Waals surface area contributed by atoms with Crippen molar-refractivity contribution < 1.29 is 22.0 Å². The molecule has 0 radical (unpaired) electrons. The molecule has 4 aromatic rings. The number of methoxy groups -OCH3 is 1. The summed E-state index contributed by atoms with van der Waals surface area (Å²) in [5.41, 5.74) is 3.03. The molecule has 35 heavy (non-hydrogen) atoms. The van der Waals surface area contributed by atoms with Crippen molar-refractivity contribution in [3.05, 3.63) is 71.2 Å². The number of rotatable bonds is 6. The number of halogens is 3. The fourth-order valence-corrected chi connectivity index (χ4v) is 3.95. The molecule has 3 heterocycles. The van der Waals surface area contributed by atoms with Gasteiger partial charge in [-0.05, 0) is 30.9 Å². The average molecular weight is 484 g/mol. The van der Waals surface area contributed by atoms with E-state index in [2.05, 4.69) is 19.9 Å². The fourth-order valence-electron chi connectivity index (χ4n) is 3.95. The first-order valence-corrected chi connectivity index (χ1v) is 11.0. The third kappa shape index (κ3) is 4.60. The molecule has 1 saturated carbocycles. The minimum Gasteiger partial charge on any atom is -0.480 e. The summed E-state index contributed by atoms with van der Waals surface area (Å²) in [7, 11) is -1.18. The van der Waals surface area contributed by atoms with Crippen molar-refractivity contribution in [2.24, 2.45) is 7.05 Å². The molecule has 10 heteroatoms. The highest BCUT2D eigenvalue weighted by molar-refractivity contribution is 5.66. The Hall–Kier alpha value is -3.82. The number of benzene rings is 1. The zero-order valence-electron chi connectivity index (χ0n) is 22.0. The maximum atomic E-state index is 13.0. The van der Waals surface area contributed by atoms with Crippen molar-refractivity contribution >= 4 is 0 Å². The molecule has 7 nitrogen and oxygen atoms in total. The van der Waals surface area contributed by atoms with Gasteiger partial charge < -0.3 is 9.30 Å². The van der Waals surface area contributed by atoms with Gasteiger partial charge >= 0.3 is 6.18 Å². The normalized spacial score (nSPS) is 15.4. The third-order valence-corrected chi connectivity index (χ3v) is 5.95. The Kier molecular flexibility index (Phi) is 4.87. The Labute approximate surface area is 204 Å². The van der Waals surface area contributed by atoms with Crippen LogP contribution in [0.5, 0.6) is 5.88 Å². The van der Waals surface area contributed by atoms with Gasteiger partial charge in [-0.2, -0.15) is 13.2 Å². The second-order valence-electron chi connectivity index (χ2n) is 8.57. The van der Waals surface area contributed by atoms with Gasteiger partial charge in [-0.1, -0.05) is 24.3 Å². The molecule has 1 aliphatic carbocycles. The van der Waals surface area contributed by atoms with Crippen LogP contribution in [-0.4, -0.2) is 36.5 Å². The summed E-state index contributed by atoms with van der Waals surface area (Å²) in [4.78, 5) is 21.3. The van der Waals surface area contributed by atoms with Gasteiger partial charge in [0, 0.05) is 37.3 Å². The SMILES string of the molecule is [2H]C([2H])([2H])Oc1ncnc(C2CC2)c1-c1ncc(C)c(Cc2ccc(-c3nc(C(F)(F)F)cn3C)cc2)n1. The summed E-state index contributed by atoms with van der Waals surface area (Å²) in [6, 6.07) is 7.05. The van der Waals surface area contributed by atoms with Gasteiger partial charge in [0.15, 0.2) is 11.5 Å². The second-order valence-corrected chi connectivity index (χ2v) is 8.57. The maximum Gasteiger partial charge on any atom is 0.434 e. The van der Waals surface area contributed by atoms with Gasteiger partial charge in [0.05, 0.1) is 22.5 Å². The van der Waals surface area contributed by atoms with Crippen LogP contribution in [0.1, 0.15) is 51.1 Å². The van der Waals surface area contributed by atoms with Crippen LogP contribution in [0.3, 0.4) is 0 Å². The Balaban J connectivity index is 1.45. The topological polar surface area (TPSA) is 78.6 Å². The lowest BCUT2D eigenvalue weighted by Gasteiger charge is -2.13. The fraction of sp³-hybridized carbons (Fsp3) is 0.320. The molecule has 0 amide bonds. The van der Waals surface area contributed by atoms with Crippen molar-refractivity contribution in [3.8, 4) is 28.7 Å². The second kappa shape index (κ2) is 8.75. The smallest absolute Gasteiger partial charge is 0.434 e. The molecule has 1 aromatic carbocycles. The van der Waals surface area contributed by atoms with Crippen LogP contribution in [0.2, 0.25) is 0 Å². The molecule has 0 N–H and O–H groups in total. The number of nitrogens with zero attached hydrogens (tertiary/aromatic N) is 6. The van der Waals surface area contributed by atoms with E-state index in [0.717, 1.165) is 30.2 Å². The molecule has 180 valence electrons. The van der Waals surface area contributed by atoms with Gasteiger partial charge in [-0.15, -0.1) is 0 Å². The predicted molar refractivity (Wildman–Crippen MR) is 123 cm³/mol. The highest BCUT2D eigenvalue weighted by Gasteiger charge is 2.34. The van der Waals surface area contributed by atoms with E-state index >= 15 is 0 Å². The average Bonchev–Trinajstić information content (AvgIpc) is 3.60. The lowest BCUT2D eigenvalue weighted by Crippen LogP contribution is -2.05. The largest absolute Gasteiger partial charge is 0.480 e. The number of aryl methyl sites for hydroxylation is 2. The molecule has 0 atom stereocenters. The van der Waals surface area contributed by atoms with Crippen LogP contribution >= 0.6 is 0 Å². The lowest BCUT2D eigenvalue weighted by molar-refractivity contribution is -0.140. The minimum atomic E-state index is -4.52. The van der Waals surface area contributed by atoms with E-state index in [0.29, 0.717) is 28.9 Å². The summed E-state index contributed by atoms with van der Waals surface area (Å²) < 4.78 is 68.2. The quantitative estimate of drug-likeness (QED) is 0.378. The van der Waals surface area contributed by atoms with Crippen LogP contribution in [0, 0.1) is 6.92 Å². The summed E-state index contributed by atoms with van der Waals surface area (Å²) in [5, 5.41) is 0. The number of imidazole rings is 1. The van der Waals surface area contributed by atoms with E-state index in [-0.39, 0.29) is 23.4 Å².